The summed E-state index contributed by atoms with van der Waals surface area (Å²) in [5.74, 6) is 0.201. The molecule has 0 nitrogen and oxygen atoms in total. The Balaban J connectivity index is 3.14. The molecule has 0 spiro atoms. The number of alkyl halides is 5. The van der Waals surface area contributed by atoms with Crippen LogP contribution in [-0.4, -0.2) is 0 Å². The lowest BCUT2D eigenvalue weighted by Gasteiger charge is -2.10. The highest BCUT2D eigenvalue weighted by Crippen LogP contribution is 2.31. The van der Waals surface area contributed by atoms with Crippen molar-refractivity contribution in [2.75, 3.05) is 0 Å². The molecule has 0 saturated carbocycles. The number of hydrogen-bond acceptors (Lipinski definition) is 0. The SMILES string of the molecule is FC(F)(F)c1ccc(CCl)c(CCl)c1. The van der Waals surface area contributed by atoms with Gasteiger partial charge in [-0.05, 0) is 23.3 Å². The topological polar surface area (TPSA) is 0 Å². The molecule has 5 heteroatoms. The molecule has 0 heterocycles. The first-order chi connectivity index (χ1) is 6.49. The van der Waals surface area contributed by atoms with Crippen molar-refractivity contribution in [3.05, 3.63) is 34.9 Å². The largest absolute Gasteiger partial charge is 0.416 e. The Morgan fingerprint density at radius 3 is 2.00 bits per heavy atom. The molecule has 0 bridgehead atoms. The van der Waals surface area contributed by atoms with Crippen LogP contribution in [0.4, 0.5) is 13.2 Å². The van der Waals surface area contributed by atoms with Gasteiger partial charge < -0.3 is 0 Å². The van der Waals surface area contributed by atoms with E-state index in [1.165, 1.54) is 6.07 Å². The van der Waals surface area contributed by atoms with Gasteiger partial charge >= 0.3 is 6.18 Å². The fourth-order valence-electron chi connectivity index (χ4n) is 1.06. The van der Waals surface area contributed by atoms with Crippen LogP contribution in [0.25, 0.3) is 0 Å². The maximum absolute atomic E-state index is 12.3. The molecule has 0 atom stereocenters. The van der Waals surface area contributed by atoms with Gasteiger partial charge in [-0.3, -0.25) is 0 Å². The molecule has 0 saturated heterocycles. The van der Waals surface area contributed by atoms with Crippen LogP contribution in [0.15, 0.2) is 18.2 Å². The van der Waals surface area contributed by atoms with Gasteiger partial charge in [-0.15, -0.1) is 23.2 Å². The standard InChI is InChI=1S/C9H7Cl2F3/c10-4-6-1-2-8(9(12,13)14)3-7(6)5-11/h1-3H,4-5H2. The van der Waals surface area contributed by atoms with Crippen LogP contribution in [-0.2, 0) is 17.9 Å². The number of rotatable bonds is 2. The van der Waals surface area contributed by atoms with E-state index in [4.69, 9.17) is 23.2 Å². The molecule has 1 rings (SSSR count). The third-order valence-corrected chi connectivity index (χ3v) is 2.40. The first-order valence-corrected chi connectivity index (χ1v) is 4.87. The van der Waals surface area contributed by atoms with Gasteiger partial charge in [0.25, 0.3) is 0 Å². The molecule has 0 aromatic heterocycles. The van der Waals surface area contributed by atoms with Gasteiger partial charge in [-0.1, -0.05) is 6.07 Å². The maximum atomic E-state index is 12.3. The van der Waals surface area contributed by atoms with Gasteiger partial charge in [0.05, 0.1) is 5.56 Å². The molecular formula is C9H7Cl2F3. The average Bonchev–Trinajstić information content (AvgIpc) is 2.15. The minimum Gasteiger partial charge on any atom is -0.166 e. The normalized spacial score (nSPS) is 11.8. The molecule has 0 radical (unpaired) electrons. The first-order valence-electron chi connectivity index (χ1n) is 3.80. The molecule has 0 unspecified atom stereocenters. The molecule has 0 aliphatic heterocycles. The zero-order valence-electron chi connectivity index (χ0n) is 7.04. The predicted molar refractivity (Wildman–Crippen MR) is 50.6 cm³/mol. The Labute approximate surface area is 89.6 Å². The fraction of sp³-hybridized carbons (Fsp3) is 0.333. The van der Waals surface area contributed by atoms with E-state index in [9.17, 15) is 13.2 Å². The first kappa shape index (κ1) is 11.7. The van der Waals surface area contributed by atoms with Crippen LogP contribution in [0.5, 0.6) is 0 Å². The lowest BCUT2D eigenvalue weighted by atomic mass is 10.1. The summed E-state index contributed by atoms with van der Waals surface area (Å²) in [6.45, 7) is 0. The van der Waals surface area contributed by atoms with Crippen LogP contribution < -0.4 is 0 Å². The van der Waals surface area contributed by atoms with E-state index in [1.54, 1.807) is 0 Å². The summed E-state index contributed by atoms with van der Waals surface area (Å²) in [6.07, 6.45) is -4.33. The number of benzene rings is 1. The van der Waals surface area contributed by atoms with Crippen LogP contribution >= 0.6 is 23.2 Å². The Morgan fingerprint density at radius 1 is 1.00 bits per heavy atom. The Bertz CT molecular complexity index is 320. The summed E-state index contributed by atoms with van der Waals surface area (Å²) in [5, 5.41) is 0. The minimum absolute atomic E-state index is 0.0337. The second-order valence-corrected chi connectivity index (χ2v) is 3.28. The van der Waals surface area contributed by atoms with Crippen molar-refractivity contribution in [2.24, 2.45) is 0 Å². The van der Waals surface area contributed by atoms with Crippen LogP contribution in [0.3, 0.4) is 0 Å². The molecule has 0 N–H and O–H groups in total. The van der Waals surface area contributed by atoms with E-state index in [2.05, 4.69) is 0 Å². The summed E-state index contributed by atoms with van der Waals surface area (Å²) < 4.78 is 36.8. The van der Waals surface area contributed by atoms with Crippen LogP contribution in [0.1, 0.15) is 16.7 Å². The molecule has 0 amide bonds. The molecule has 1 aromatic rings. The van der Waals surface area contributed by atoms with Crippen molar-refractivity contribution in [1.29, 1.82) is 0 Å². The van der Waals surface area contributed by atoms with Crippen LogP contribution in [0.2, 0.25) is 0 Å². The Morgan fingerprint density at radius 2 is 1.57 bits per heavy atom. The predicted octanol–water partition coefficient (Wildman–Crippen LogP) is 4.18. The second kappa shape index (κ2) is 4.41. The van der Waals surface area contributed by atoms with Crippen molar-refractivity contribution in [1.82, 2.24) is 0 Å². The van der Waals surface area contributed by atoms with Gasteiger partial charge in [0.1, 0.15) is 0 Å². The van der Waals surface area contributed by atoms with Crippen molar-refractivity contribution >= 4 is 23.2 Å². The Hall–Kier alpha value is -0.410. The van der Waals surface area contributed by atoms with E-state index in [1.807, 2.05) is 0 Å². The maximum Gasteiger partial charge on any atom is 0.416 e. The Kier molecular flexibility index (Phi) is 3.67. The third-order valence-electron chi connectivity index (χ3n) is 1.82. The molecular weight excluding hydrogens is 236 g/mol. The zero-order valence-corrected chi connectivity index (χ0v) is 8.55. The molecule has 1 aromatic carbocycles. The molecule has 78 valence electrons. The quantitative estimate of drug-likeness (QED) is 0.683. The molecule has 0 aliphatic rings. The summed E-state index contributed by atoms with van der Waals surface area (Å²) in [6, 6.07) is 3.39. The lowest BCUT2D eigenvalue weighted by Crippen LogP contribution is -2.06. The van der Waals surface area contributed by atoms with E-state index in [-0.39, 0.29) is 11.8 Å². The summed E-state index contributed by atoms with van der Waals surface area (Å²) in [4.78, 5) is 0. The number of hydrogen-bond donors (Lipinski definition) is 0. The van der Waals surface area contributed by atoms with Gasteiger partial charge in [-0.2, -0.15) is 13.2 Å². The van der Waals surface area contributed by atoms with Crippen molar-refractivity contribution < 1.29 is 13.2 Å². The monoisotopic (exact) mass is 242 g/mol. The molecule has 0 fully saturated rings. The smallest absolute Gasteiger partial charge is 0.166 e. The molecule has 14 heavy (non-hydrogen) atoms. The van der Waals surface area contributed by atoms with Gasteiger partial charge in [0.15, 0.2) is 0 Å². The summed E-state index contributed by atoms with van der Waals surface area (Å²) in [7, 11) is 0. The summed E-state index contributed by atoms with van der Waals surface area (Å²) >= 11 is 11.0. The average molecular weight is 243 g/mol. The van der Waals surface area contributed by atoms with Crippen molar-refractivity contribution in [3.63, 3.8) is 0 Å². The van der Waals surface area contributed by atoms with Crippen molar-refractivity contribution in [3.8, 4) is 0 Å². The van der Waals surface area contributed by atoms with E-state index in [0.29, 0.717) is 11.1 Å². The van der Waals surface area contributed by atoms with E-state index < -0.39 is 11.7 Å². The van der Waals surface area contributed by atoms with Gasteiger partial charge in [0, 0.05) is 11.8 Å². The minimum atomic E-state index is -4.33. The van der Waals surface area contributed by atoms with Gasteiger partial charge in [0.2, 0.25) is 0 Å². The second-order valence-electron chi connectivity index (χ2n) is 2.75. The highest BCUT2D eigenvalue weighted by molar-refractivity contribution is 6.18. The van der Waals surface area contributed by atoms with Crippen LogP contribution in [0, 0.1) is 0 Å². The highest BCUT2D eigenvalue weighted by atomic mass is 35.5. The van der Waals surface area contributed by atoms with Gasteiger partial charge in [-0.25, -0.2) is 0 Å². The number of halogens is 5. The highest BCUT2D eigenvalue weighted by Gasteiger charge is 2.30. The van der Waals surface area contributed by atoms with E-state index >= 15 is 0 Å². The van der Waals surface area contributed by atoms with Crippen molar-refractivity contribution in [2.45, 2.75) is 17.9 Å². The third kappa shape index (κ3) is 2.55. The van der Waals surface area contributed by atoms with E-state index in [0.717, 1.165) is 12.1 Å². The zero-order chi connectivity index (χ0) is 10.8. The fourth-order valence-corrected chi connectivity index (χ4v) is 1.57. The summed E-state index contributed by atoms with van der Waals surface area (Å²) in [5.41, 5.74) is 0.369. The lowest BCUT2D eigenvalue weighted by molar-refractivity contribution is -0.137. The molecule has 0 aliphatic carbocycles.